The number of carbonyl (C=O) groups excluding carboxylic acids is 2. The van der Waals surface area contributed by atoms with E-state index < -0.39 is 11.7 Å². The Bertz CT molecular complexity index is 956. The lowest BCUT2D eigenvalue weighted by Gasteiger charge is -2.33. The molecular formula is C24H31N3O4S. The lowest BCUT2D eigenvalue weighted by molar-refractivity contribution is 0.0153. The summed E-state index contributed by atoms with van der Waals surface area (Å²) in [6.45, 7) is 7.15. The van der Waals surface area contributed by atoms with Crippen LogP contribution in [0, 0.1) is 5.92 Å². The number of thiazole rings is 1. The molecule has 2 heterocycles. The molecule has 1 aliphatic heterocycles. The molecule has 0 atom stereocenters. The quantitative estimate of drug-likeness (QED) is 0.606. The average molecular weight is 458 g/mol. The number of piperidine rings is 1. The second-order valence-corrected chi connectivity index (χ2v) is 10.4. The van der Waals surface area contributed by atoms with Gasteiger partial charge in [-0.25, -0.2) is 14.6 Å². The Labute approximate surface area is 193 Å². The molecule has 2 aliphatic rings. The van der Waals surface area contributed by atoms with Crippen LogP contribution in [0.2, 0.25) is 0 Å². The highest BCUT2D eigenvalue weighted by Gasteiger charge is 2.28. The van der Waals surface area contributed by atoms with Gasteiger partial charge in [-0.2, -0.15) is 0 Å². The molecule has 0 radical (unpaired) electrons. The molecule has 0 spiro atoms. The average Bonchev–Trinajstić information content (AvgIpc) is 3.49. The highest BCUT2D eigenvalue weighted by atomic mass is 32.1. The van der Waals surface area contributed by atoms with E-state index in [1.54, 1.807) is 16.2 Å². The van der Waals surface area contributed by atoms with Crippen LogP contribution in [0.25, 0.3) is 10.6 Å². The molecule has 4 rings (SSSR count). The second-order valence-electron chi connectivity index (χ2n) is 9.53. The lowest BCUT2D eigenvalue weighted by Crippen LogP contribution is -2.42. The highest BCUT2D eigenvalue weighted by molar-refractivity contribution is 7.13. The largest absolute Gasteiger partial charge is 0.449 e. The van der Waals surface area contributed by atoms with Crippen LogP contribution >= 0.6 is 11.3 Å². The van der Waals surface area contributed by atoms with Gasteiger partial charge in [0.05, 0.1) is 18.0 Å². The molecule has 1 aromatic carbocycles. The summed E-state index contributed by atoms with van der Waals surface area (Å²) in [4.78, 5) is 31.1. The van der Waals surface area contributed by atoms with Gasteiger partial charge in [0, 0.05) is 30.0 Å². The van der Waals surface area contributed by atoms with Crippen molar-refractivity contribution in [1.29, 1.82) is 0 Å². The molecule has 172 valence electrons. The molecule has 1 aromatic heterocycles. The summed E-state index contributed by atoms with van der Waals surface area (Å²) in [6.07, 6.45) is 3.25. The van der Waals surface area contributed by atoms with Crippen LogP contribution < -0.4 is 5.32 Å². The minimum Gasteiger partial charge on any atom is -0.449 e. The van der Waals surface area contributed by atoms with Crippen molar-refractivity contribution < 1.29 is 19.1 Å². The summed E-state index contributed by atoms with van der Waals surface area (Å²) in [5, 5.41) is 5.91. The molecular weight excluding hydrogens is 426 g/mol. The van der Waals surface area contributed by atoms with Gasteiger partial charge in [-0.1, -0.05) is 12.1 Å². The molecule has 1 saturated carbocycles. The summed E-state index contributed by atoms with van der Waals surface area (Å²) in [5.41, 5.74) is 2.27. The van der Waals surface area contributed by atoms with Crippen molar-refractivity contribution in [3.8, 4) is 10.6 Å². The fraction of sp³-hybridized carbons (Fsp3) is 0.542. The van der Waals surface area contributed by atoms with Crippen LogP contribution in [0.5, 0.6) is 0 Å². The zero-order valence-electron chi connectivity index (χ0n) is 18.9. The summed E-state index contributed by atoms with van der Waals surface area (Å²) in [7, 11) is 0. The van der Waals surface area contributed by atoms with Gasteiger partial charge in [-0.3, -0.25) is 5.32 Å². The van der Waals surface area contributed by atoms with Gasteiger partial charge in [-0.05, 0) is 64.5 Å². The van der Waals surface area contributed by atoms with Crippen molar-refractivity contribution >= 4 is 29.2 Å². The first-order valence-electron chi connectivity index (χ1n) is 11.2. The monoisotopic (exact) mass is 457 g/mol. The molecule has 7 nitrogen and oxygen atoms in total. The smallest absolute Gasteiger partial charge is 0.411 e. The van der Waals surface area contributed by atoms with Crippen LogP contribution in [-0.2, 0) is 9.47 Å². The normalized spacial score (nSPS) is 17.2. The van der Waals surface area contributed by atoms with Crippen molar-refractivity contribution in [2.45, 2.75) is 58.0 Å². The third-order valence-corrected chi connectivity index (χ3v) is 6.52. The SMILES string of the molecule is CC(C)(C)OC(=O)N1CCC(COC(=O)Nc2ccccc2-c2nc(C3CC3)cs2)CC1. The molecule has 2 amide bonds. The van der Waals surface area contributed by atoms with Crippen LogP contribution in [-0.4, -0.2) is 47.4 Å². The molecule has 0 bridgehead atoms. The van der Waals surface area contributed by atoms with Crippen molar-refractivity contribution in [2.75, 3.05) is 25.0 Å². The lowest BCUT2D eigenvalue weighted by atomic mass is 9.98. The molecule has 8 heteroatoms. The van der Waals surface area contributed by atoms with E-state index in [1.165, 1.54) is 12.8 Å². The van der Waals surface area contributed by atoms with E-state index in [4.69, 9.17) is 14.5 Å². The summed E-state index contributed by atoms with van der Waals surface area (Å²) < 4.78 is 10.9. The van der Waals surface area contributed by atoms with Crippen LogP contribution in [0.15, 0.2) is 29.6 Å². The van der Waals surface area contributed by atoms with E-state index in [0.717, 1.165) is 29.1 Å². The standard InChI is InChI=1S/C24H31N3O4S/c1-24(2,3)31-23(29)27-12-10-16(11-13-27)14-30-22(28)26-19-7-5-4-6-18(19)21-25-20(15-32-21)17-8-9-17/h4-7,15-17H,8-14H2,1-3H3,(H,26,28). The zero-order valence-corrected chi connectivity index (χ0v) is 19.7. The number of nitrogens with one attached hydrogen (secondary N) is 1. The number of likely N-dealkylation sites (tertiary alicyclic amines) is 1. The first kappa shape index (κ1) is 22.6. The number of amides is 2. The van der Waals surface area contributed by atoms with Gasteiger partial charge in [-0.15, -0.1) is 11.3 Å². The Morgan fingerprint density at radius 3 is 2.56 bits per heavy atom. The molecule has 2 aromatic rings. The predicted octanol–water partition coefficient (Wildman–Crippen LogP) is 5.88. The molecule has 2 fully saturated rings. The van der Waals surface area contributed by atoms with Crippen LogP contribution in [0.4, 0.5) is 15.3 Å². The van der Waals surface area contributed by atoms with Gasteiger partial charge < -0.3 is 14.4 Å². The first-order valence-corrected chi connectivity index (χ1v) is 12.1. The van der Waals surface area contributed by atoms with E-state index in [-0.39, 0.29) is 12.0 Å². The van der Waals surface area contributed by atoms with Gasteiger partial charge >= 0.3 is 12.2 Å². The molecule has 1 N–H and O–H groups in total. The van der Waals surface area contributed by atoms with Crippen LogP contribution in [0.1, 0.15) is 58.1 Å². The Morgan fingerprint density at radius 1 is 1.16 bits per heavy atom. The minimum absolute atomic E-state index is 0.231. The Hall–Kier alpha value is -2.61. The number of ether oxygens (including phenoxy) is 2. The molecule has 1 aliphatic carbocycles. The van der Waals surface area contributed by atoms with E-state index in [1.807, 2.05) is 45.0 Å². The zero-order chi connectivity index (χ0) is 22.7. The number of carbonyl (C=O) groups is 2. The molecule has 32 heavy (non-hydrogen) atoms. The van der Waals surface area contributed by atoms with Gasteiger partial charge in [0.25, 0.3) is 0 Å². The number of hydrogen-bond acceptors (Lipinski definition) is 6. The molecule has 1 saturated heterocycles. The number of para-hydroxylation sites is 1. The van der Waals surface area contributed by atoms with Crippen molar-refractivity contribution in [3.05, 3.63) is 35.3 Å². The summed E-state index contributed by atoms with van der Waals surface area (Å²) in [6, 6.07) is 7.68. The number of aromatic nitrogens is 1. The van der Waals surface area contributed by atoms with Crippen molar-refractivity contribution in [2.24, 2.45) is 5.92 Å². The Kier molecular flexibility index (Phi) is 6.69. The van der Waals surface area contributed by atoms with E-state index in [2.05, 4.69) is 10.7 Å². The summed E-state index contributed by atoms with van der Waals surface area (Å²) >= 11 is 1.61. The number of benzene rings is 1. The van der Waals surface area contributed by atoms with E-state index in [9.17, 15) is 9.59 Å². The minimum atomic E-state index is -0.497. The van der Waals surface area contributed by atoms with E-state index in [0.29, 0.717) is 31.3 Å². The third-order valence-electron chi connectivity index (χ3n) is 5.63. The maximum Gasteiger partial charge on any atom is 0.411 e. The summed E-state index contributed by atoms with van der Waals surface area (Å²) in [5.74, 6) is 0.835. The first-order chi connectivity index (χ1) is 15.3. The topological polar surface area (TPSA) is 80.8 Å². The van der Waals surface area contributed by atoms with Gasteiger partial charge in [0.15, 0.2) is 0 Å². The number of rotatable bonds is 5. The fourth-order valence-electron chi connectivity index (χ4n) is 3.70. The number of hydrogen-bond donors (Lipinski definition) is 1. The van der Waals surface area contributed by atoms with E-state index >= 15 is 0 Å². The number of nitrogens with zero attached hydrogens (tertiary/aromatic N) is 2. The maximum absolute atomic E-state index is 12.5. The van der Waals surface area contributed by atoms with Crippen molar-refractivity contribution in [1.82, 2.24) is 9.88 Å². The number of anilines is 1. The third kappa shape index (κ3) is 6.00. The van der Waals surface area contributed by atoms with Crippen LogP contribution in [0.3, 0.4) is 0 Å². The fourth-order valence-corrected chi connectivity index (χ4v) is 4.64. The Balaban J connectivity index is 1.26. The maximum atomic E-state index is 12.5. The van der Waals surface area contributed by atoms with Gasteiger partial charge in [0.2, 0.25) is 0 Å². The molecule has 0 unspecified atom stereocenters. The van der Waals surface area contributed by atoms with Crippen molar-refractivity contribution in [3.63, 3.8) is 0 Å². The second kappa shape index (κ2) is 9.48. The Morgan fingerprint density at radius 2 is 1.88 bits per heavy atom. The predicted molar refractivity (Wildman–Crippen MR) is 125 cm³/mol. The highest BCUT2D eigenvalue weighted by Crippen LogP contribution is 2.42. The van der Waals surface area contributed by atoms with Gasteiger partial charge in [0.1, 0.15) is 10.6 Å².